The summed E-state index contributed by atoms with van der Waals surface area (Å²) in [6.45, 7) is 4.18. The van der Waals surface area contributed by atoms with Gasteiger partial charge < -0.3 is 20.5 Å². The molecule has 1 aliphatic rings. The summed E-state index contributed by atoms with van der Waals surface area (Å²) < 4.78 is 5.54. The van der Waals surface area contributed by atoms with Gasteiger partial charge in [-0.05, 0) is 18.1 Å². The molecule has 5 nitrogen and oxygen atoms in total. The summed E-state index contributed by atoms with van der Waals surface area (Å²) in [5, 5.41) is 14.9. The van der Waals surface area contributed by atoms with Gasteiger partial charge >= 0.3 is 0 Å². The maximum absolute atomic E-state index is 11.6. The van der Waals surface area contributed by atoms with Crippen molar-refractivity contribution in [1.82, 2.24) is 10.6 Å². The van der Waals surface area contributed by atoms with E-state index in [0.717, 1.165) is 24.2 Å². The van der Waals surface area contributed by atoms with E-state index in [1.165, 1.54) is 0 Å². The molecule has 0 aromatic heterocycles. The molecule has 1 saturated heterocycles. The molecule has 1 aromatic rings. The lowest BCUT2D eigenvalue weighted by atomic mass is 10.0. The SMILES string of the molecule is CC1(OCC(=O)NCc2ccc(CO)cc2)CNC1. The molecule has 1 aromatic carbocycles. The van der Waals surface area contributed by atoms with E-state index in [9.17, 15) is 4.79 Å². The average Bonchev–Trinajstić information content (AvgIpc) is 2.41. The van der Waals surface area contributed by atoms with Crippen molar-refractivity contribution in [3.05, 3.63) is 35.4 Å². The second kappa shape index (κ2) is 6.14. The van der Waals surface area contributed by atoms with Gasteiger partial charge in [-0.1, -0.05) is 24.3 Å². The lowest BCUT2D eigenvalue weighted by Crippen LogP contribution is -2.59. The minimum atomic E-state index is -0.194. The maximum atomic E-state index is 11.6. The maximum Gasteiger partial charge on any atom is 0.246 e. The molecule has 2 rings (SSSR count). The van der Waals surface area contributed by atoms with Crippen LogP contribution in [0.3, 0.4) is 0 Å². The van der Waals surface area contributed by atoms with Crippen LogP contribution >= 0.6 is 0 Å². The number of rotatable bonds is 6. The molecule has 1 fully saturated rings. The number of hydrogen-bond acceptors (Lipinski definition) is 4. The van der Waals surface area contributed by atoms with Crippen LogP contribution in [0.15, 0.2) is 24.3 Å². The van der Waals surface area contributed by atoms with Gasteiger partial charge in [0.15, 0.2) is 0 Å². The van der Waals surface area contributed by atoms with Crippen molar-refractivity contribution in [1.29, 1.82) is 0 Å². The molecule has 104 valence electrons. The van der Waals surface area contributed by atoms with E-state index in [1.54, 1.807) is 0 Å². The Morgan fingerprint density at radius 2 is 2.00 bits per heavy atom. The normalized spacial score (nSPS) is 16.7. The molecule has 3 N–H and O–H groups in total. The summed E-state index contributed by atoms with van der Waals surface area (Å²) in [5.41, 5.74) is 1.67. The molecule has 0 radical (unpaired) electrons. The molecule has 0 bridgehead atoms. The molecule has 0 spiro atoms. The van der Waals surface area contributed by atoms with Crippen LogP contribution in [0.5, 0.6) is 0 Å². The summed E-state index contributed by atoms with van der Waals surface area (Å²) in [6.07, 6.45) is 0. The molecule has 19 heavy (non-hydrogen) atoms. The van der Waals surface area contributed by atoms with Gasteiger partial charge in [-0.15, -0.1) is 0 Å². The Balaban J connectivity index is 1.70. The standard InChI is InChI=1S/C14H20N2O3/c1-14(9-15-10-14)19-8-13(18)16-6-11-2-4-12(7-17)5-3-11/h2-5,15,17H,6-10H2,1H3,(H,16,18). The van der Waals surface area contributed by atoms with E-state index < -0.39 is 0 Å². The highest BCUT2D eigenvalue weighted by molar-refractivity contribution is 5.77. The van der Waals surface area contributed by atoms with Crippen molar-refractivity contribution in [2.75, 3.05) is 19.7 Å². The van der Waals surface area contributed by atoms with E-state index in [0.29, 0.717) is 6.54 Å². The van der Waals surface area contributed by atoms with Crippen LogP contribution in [0.4, 0.5) is 0 Å². The summed E-state index contributed by atoms with van der Waals surface area (Å²) in [7, 11) is 0. The van der Waals surface area contributed by atoms with Crippen molar-refractivity contribution >= 4 is 5.91 Å². The van der Waals surface area contributed by atoms with Gasteiger partial charge in [0, 0.05) is 19.6 Å². The summed E-state index contributed by atoms with van der Waals surface area (Å²) >= 11 is 0. The molecule has 0 saturated carbocycles. The Morgan fingerprint density at radius 3 is 2.53 bits per heavy atom. The van der Waals surface area contributed by atoms with Gasteiger partial charge in [-0.3, -0.25) is 4.79 Å². The van der Waals surface area contributed by atoms with Crippen LogP contribution in [0, 0.1) is 0 Å². The number of amides is 1. The van der Waals surface area contributed by atoms with E-state index in [4.69, 9.17) is 9.84 Å². The molecule has 1 heterocycles. The number of aliphatic hydroxyl groups excluding tert-OH is 1. The number of carbonyl (C=O) groups excluding carboxylic acids is 1. The Morgan fingerprint density at radius 1 is 1.37 bits per heavy atom. The molecule has 0 unspecified atom stereocenters. The van der Waals surface area contributed by atoms with Crippen LogP contribution in [-0.4, -0.2) is 36.3 Å². The minimum absolute atomic E-state index is 0.0348. The van der Waals surface area contributed by atoms with Gasteiger partial charge in [0.05, 0.1) is 12.2 Å². The summed E-state index contributed by atoms with van der Waals surface area (Å²) in [5.74, 6) is -0.112. The third-order valence-corrected chi connectivity index (χ3v) is 3.24. The molecule has 0 aliphatic carbocycles. The van der Waals surface area contributed by atoms with Gasteiger partial charge in [0.2, 0.25) is 5.91 Å². The molecular weight excluding hydrogens is 244 g/mol. The zero-order valence-corrected chi connectivity index (χ0v) is 11.1. The fraction of sp³-hybridized carbons (Fsp3) is 0.500. The molecule has 0 atom stereocenters. The lowest BCUT2D eigenvalue weighted by molar-refractivity contribution is -0.136. The predicted molar refractivity (Wildman–Crippen MR) is 71.4 cm³/mol. The van der Waals surface area contributed by atoms with Crippen LogP contribution in [-0.2, 0) is 22.7 Å². The summed E-state index contributed by atoms with van der Waals surface area (Å²) in [6, 6.07) is 7.48. The van der Waals surface area contributed by atoms with Crippen molar-refractivity contribution in [2.45, 2.75) is 25.7 Å². The van der Waals surface area contributed by atoms with Crippen molar-refractivity contribution in [3.63, 3.8) is 0 Å². The van der Waals surface area contributed by atoms with Crippen molar-refractivity contribution in [2.24, 2.45) is 0 Å². The van der Waals surface area contributed by atoms with E-state index in [-0.39, 0.29) is 24.7 Å². The average molecular weight is 264 g/mol. The first-order valence-corrected chi connectivity index (χ1v) is 6.41. The molecule has 1 aliphatic heterocycles. The Hall–Kier alpha value is -1.43. The number of aliphatic hydroxyl groups is 1. The summed E-state index contributed by atoms with van der Waals surface area (Å²) in [4.78, 5) is 11.6. The van der Waals surface area contributed by atoms with Gasteiger partial charge in [-0.2, -0.15) is 0 Å². The number of nitrogens with one attached hydrogen (secondary N) is 2. The van der Waals surface area contributed by atoms with Gasteiger partial charge in [0.1, 0.15) is 6.61 Å². The molecule has 1 amide bonds. The zero-order valence-electron chi connectivity index (χ0n) is 11.1. The Kier molecular flexibility index (Phi) is 4.52. The first-order valence-electron chi connectivity index (χ1n) is 6.41. The Bertz CT molecular complexity index is 427. The van der Waals surface area contributed by atoms with Crippen LogP contribution in [0.2, 0.25) is 0 Å². The third kappa shape index (κ3) is 4.02. The fourth-order valence-corrected chi connectivity index (χ4v) is 1.83. The second-order valence-electron chi connectivity index (χ2n) is 5.09. The molecule has 5 heteroatoms. The van der Waals surface area contributed by atoms with Gasteiger partial charge in [-0.25, -0.2) is 0 Å². The number of hydrogen-bond donors (Lipinski definition) is 3. The quantitative estimate of drug-likeness (QED) is 0.685. The highest BCUT2D eigenvalue weighted by Gasteiger charge is 2.32. The number of carbonyl (C=O) groups is 1. The third-order valence-electron chi connectivity index (χ3n) is 3.24. The topological polar surface area (TPSA) is 70.6 Å². The Labute approximate surface area is 113 Å². The fourth-order valence-electron chi connectivity index (χ4n) is 1.83. The number of ether oxygens (including phenoxy) is 1. The minimum Gasteiger partial charge on any atom is -0.392 e. The highest BCUT2D eigenvalue weighted by atomic mass is 16.5. The van der Waals surface area contributed by atoms with Crippen LogP contribution in [0.25, 0.3) is 0 Å². The van der Waals surface area contributed by atoms with Crippen molar-refractivity contribution < 1.29 is 14.6 Å². The second-order valence-corrected chi connectivity index (χ2v) is 5.09. The molecular formula is C14H20N2O3. The van der Waals surface area contributed by atoms with Gasteiger partial charge in [0.25, 0.3) is 0 Å². The van der Waals surface area contributed by atoms with Crippen LogP contribution < -0.4 is 10.6 Å². The first-order chi connectivity index (χ1) is 9.11. The highest BCUT2D eigenvalue weighted by Crippen LogP contribution is 2.14. The largest absolute Gasteiger partial charge is 0.392 e. The number of benzene rings is 1. The first kappa shape index (κ1) is 14.0. The monoisotopic (exact) mass is 264 g/mol. The van der Waals surface area contributed by atoms with E-state index in [2.05, 4.69) is 10.6 Å². The van der Waals surface area contributed by atoms with E-state index in [1.807, 2.05) is 31.2 Å². The van der Waals surface area contributed by atoms with E-state index >= 15 is 0 Å². The van der Waals surface area contributed by atoms with Crippen molar-refractivity contribution in [3.8, 4) is 0 Å². The van der Waals surface area contributed by atoms with Crippen LogP contribution in [0.1, 0.15) is 18.1 Å². The smallest absolute Gasteiger partial charge is 0.246 e. The zero-order chi connectivity index (χ0) is 13.7. The lowest BCUT2D eigenvalue weighted by Gasteiger charge is -2.38. The predicted octanol–water partition coefficient (Wildman–Crippen LogP) is 0.174.